The van der Waals surface area contributed by atoms with Crippen LogP contribution in [0.4, 0.5) is 0 Å². The van der Waals surface area contributed by atoms with Crippen LogP contribution >= 0.6 is 0 Å². The molecule has 0 radical (unpaired) electrons. The minimum absolute atomic E-state index is 0.951. The van der Waals surface area contributed by atoms with Gasteiger partial charge in [-0.15, -0.1) is 12.3 Å². The molecule has 0 saturated carbocycles. The Labute approximate surface area is 89.8 Å². The zero-order chi connectivity index (χ0) is 10.5. The Morgan fingerprint density at radius 2 is 1.57 bits per heavy atom. The summed E-state index contributed by atoms with van der Waals surface area (Å²) < 4.78 is 0. The maximum absolute atomic E-state index is 5.18. The summed E-state index contributed by atoms with van der Waals surface area (Å²) in [5, 5.41) is 0. The van der Waals surface area contributed by atoms with Crippen LogP contribution < -0.4 is 0 Å². The Morgan fingerprint density at radius 1 is 0.929 bits per heavy atom. The molecule has 0 nitrogen and oxygen atoms in total. The molecule has 0 unspecified atom stereocenters. The van der Waals surface area contributed by atoms with Crippen LogP contribution in [0.5, 0.6) is 0 Å². The van der Waals surface area contributed by atoms with Crippen LogP contribution in [0.15, 0.2) is 12.2 Å². The van der Waals surface area contributed by atoms with Crippen molar-refractivity contribution in [3.8, 4) is 12.3 Å². The van der Waals surface area contributed by atoms with Crippen molar-refractivity contribution in [2.75, 3.05) is 0 Å². The molecule has 0 aromatic carbocycles. The first kappa shape index (κ1) is 13.3. The normalized spacial score (nSPS) is 10.6. The summed E-state index contributed by atoms with van der Waals surface area (Å²) in [7, 11) is 0. The Kier molecular flexibility index (Phi) is 11.7. The van der Waals surface area contributed by atoms with E-state index >= 15 is 0 Å². The van der Waals surface area contributed by atoms with Crippen LogP contribution in [0.1, 0.15) is 64.7 Å². The lowest BCUT2D eigenvalue weighted by Crippen LogP contribution is -1.76. The molecule has 0 spiro atoms. The summed E-state index contributed by atoms with van der Waals surface area (Å²) in [6.45, 7) is 2.24. The van der Waals surface area contributed by atoms with E-state index in [1.807, 2.05) is 0 Å². The molecular weight excluding hydrogens is 168 g/mol. The van der Waals surface area contributed by atoms with Gasteiger partial charge in [0.1, 0.15) is 0 Å². The fraction of sp³-hybridized carbons (Fsp3) is 0.714. The van der Waals surface area contributed by atoms with Crippen molar-refractivity contribution in [1.82, 2.24) is 0 Å². The average Bonchev–Trinajstić information content (AvgIpc) is 2.21. The predicted molar refractivity (Wildman–Crippen MR) is 65.2 cm³/mol. The molecule has 0 heterocycles. The van der Waals surface area contributed by atoms with E-state index in [2.05, 4.69) is 25.0 Å². The first-order valence-corrected chi connectivity index (χ1v) is 6.00. The van der Waals surface area contributed by atoms with Gasteiger partial charge in [0.25, 0.3) is 0 Å². The molecule has 0 aromatic heterocycles. The average molecular weight is 192 g/mol. The van der Waals surface area contributed by atoms with Gasteiger partial charge in [0.05, 0.1) is 0 Å². The van der Waals surface area contributed by atoms with E-state index in [-0.39, 0.29) is 0 Å². The second-order valence-electron chi connectivity index (χ2n) is 3.77. The molecule has 0 aliphatic heterocycles. The third kappa shape index (κ3) is 11.3. The lowest BCUT2D eigenvalue weighted by Gasteiger charge is -1.95. The molecule has 0 aromatic rings. The van der Waals surface area contributed by atoms with Crippen molar-refractivity contribution in [2.45, 2.75) is 64.7 Å². The smallest absolute Gasteiger partial charge is 0.00860 e. The minimum atomic E-state index is 0.951. The molecule has 0 aliphatic rings. The fourth-order valence-electron chi connectivity index (χ4n) is 1.40. The number of rotatable bonds is 9. The molecule has 0 saturated heterocycles. The van der Waals surface area contributed by atoms with Crippen molar-refractivity contribution in [3.63, 3.8) is 0 Å². The van der Waals surface area contributed by atoms with Crippen LogP contribution in [0.3, 0.4) is 0 Å². The van der Waals surface area contributed by atoms with Gasteiger partial charge < -0.3 is 0 Å². The van der Waals surface area contributed by atoms with Crippen LogP contribution in [0, 0.1) is 12.3 Å². The summed E-state index contributed by atoms with van der Waals surface area (Å²) in [5.41, 5.74) is 0. The van der Waals surface area contributed by atoms with E-state index in [9.17, 15) is 0 Å². The SMILES string of the molecule is C#CCCCCCC/C=C\CCCC. The third-order valence-corrected chi connectivity index (χ3v) is 2.33. The van der Waals surface area contributed by atoms with Crippen molar-refractivity contribution < 1.29 is 0 Å². The first-order valence-electron chi connectivity index (χ1n) is 6.00. The Balaban J connectivity index is 2.98. The summed E-state index contributed by atoms with van der Waals surface area (Å²) in [6.07, 6.45) is 21.1. The summed E-state index contributed by atoms with van der Waals surface area (Å²) in [4.78, 5) is 0. The van der Waals surface area contributed by atoms with E-state index in [1.165, 1.54) is 51.4 Å². The monoisotopic (exact) mass is 192 g/mol. The highest BCUT2D eigenvalue weighted by Crippen LogP contribution is 2.06. The maximum Gasteiger partial charge on any atom is 0.00860 e. The van der Waals surface area contributed by atoms with Crippen molar-refractivity contribution in [2.24, 2.45) is 0 Å². The Morgan fingerprint density at radius 3 is 2.21 bits per heavy atom. The summed E-state index contributed by atoms with van der Waals surface area (Å²) in [5.74, 6) is 2.68. The van der Waals surface area contributed by atoms with E-state index < -0.39 is 0 Å². The zero-order valence-electron chi connectivity index (χ0n) is 9.60. The van der Waals surface area contributed by atoms with Gasteiger partial charge in [0, 0.05) is 6.42 Å². The molecule has 0 N–H and O–H groups in total. The molecule has 0 heteroatoms. The van der Waals surface area contributed by atoms with Crippen LogP contribution in [-0.4, -0.2) is 0 Å². The lowest BCUT2D eigenvalue weighted by atomic mass is 10.1. The highest BCUT2D eigenvalue weighted by molar-refractivity contribution is 4.83. The number of unbranched alkanes of at least 4 members (excludes halogenated alkanes) is 7. The van der Waals surface area contributed by atoms with Gasteiger partial charge in [-0.2, -0.15) is 0 Å². The van der Waals surface area contributed by atoms with Gasteiger partial charge in [-0.05, 0) is 25.7 Å². The molecule has 0 rings (SSSR count). The van der Waals surface area contributed by atoms with Crippen molar-refractivity contribution in [1.29, 1.82) is 0 Å². The largest absolute Gasteiger partial charge is 0.120 e. The number of hydrogen-bond acceptors (Lipinski definition) is 0. The van der Waals surface area contributed by atoms with Gasteiger partial charge in [-0.1, -0.05) is 44.8 Å². The van der Waals surface area contributed by atoms with E-state index in [1.54, 1.807) is 0 Å². The highest BCUT2D eigenvalue weighted by Gasteiger charge is 1.87. The van der Waals surface area contributed by atoms with Crippen LogP contribution in [-0.2, 0) is 0 Å². The molecule has 0 aliphatic carbocycles. The molecular formula is C14H24. The van der Waals surface area contributed by atoms with Crippen molar-refractivity contribution in [3.05, 3.63) is 12.2 Å². The Hall–Kier alpha value is -0.700. The number of hydrogen-bond donors (Lipinski definition) is 0. The van der Waals surface area contributed by atoms with E-state index in [0.717, 1.165) is 6.42 Å². The van der Waals surface area contributed by atoms with Gasteiger partial charge in [-0.3, -0.25) is 0 Å². The van der Waals surface area contributed by atoms with Gasteiger partial charge in [0.2, 0.25) is 0 Å². The maximum atomic E-state index is 5.18. The summed E-state index contributed by atoms with van der Waals surface area (Å²) >= 11 is 0. The molecule has 14 heavy (non-hydrogen) atoms. The van der Waals surface area contributed by atoms with Gasteiger partial charge in [0.15, 0.2) is 0 Å². The quantitative estimate of drug-likeness (QED) is 0.282. The molecule has 80 valence electrons. The van der Waals surface area contributed by atoms with Crippen molar-refractivity contribution >= 4 is 0 Å². The second-order valence-corrected chi connectivity index (χ2v) is 3.77. The minimum Gasteiger partial charge on any atom is -0.120 e. The standard InChI is InChI=1S/C14H24/c1-3-5-7-9-11-13-14-12-10-8-6-4-2/h1,10,12H,4-9,11,13-14H2,2H3/b12-10-. The Bertz CT molecular complexity index is 159. The van der Waals surface area contributed by atoms with Gasteiger partial charge in [-0.25, -0.2) is 0 Å². The van der Waals surface area contributed by atoms with Crippen LogP contribution in [0.2, 0.25) is 0 Å². The van der Waals surface area contributed by atoms with Gasteiger partial charge >= 0.3 is 0 Å². The molecule has 0 fully saturated rings. The molecule has 0 bridgehead atoms. The second kappa shape index (κ2) is 12.3. The number of allylic oxidation sites excluding steroid dienone is 2. The first-order chi connectivity index (χ1) is 6.91. The van der Waals surface area contributed by atoms with E-state index in [0.29, 0.717) is 0 Å². The predicted octanol–water partition coefficient (Wildman–Crippen LogP) is 4.71. The number of terminal acetylenes is 1. The van der Waals surface area contributed by atoms with Crippen LogP contribution in [0.25, 0.3) is 0 Å². The third-order valence-electron chi connectivity index (χ3n) is 2.33. The molecule has 0 amide bonds. The highest BCUT2D eigenvalue weighted by atomic mass is 13.9. The molecule has 0 atom stereocenters. The summed E-state index contributed by atoms with van der Waals surface area (Å²) in [6, 6.07) is 0. The fourth-order valence-corrected chi connectivity index (χ4v) is 1.40. The lowest BCUT2D eigenvalue weighted by molar-refractivity contribution is 0.655. The zero-order valence-corrected chi connectivity index (χ0v) is 9.60. The topological polar surface area (TPSA) is 0 Å². The van der Waals surface area contributed by atoms with E-state index in [4.69, 9.17) is 6.42 Å².